The summed E-state index contributed by atoms with van der Waals surface area (Å²) < 4.78 is 2.07. The summed E-state index contributed by atoms with van der Waals surface area (Å²) in [5.74, 6) is 1.67. The van der Waals surface area contributed by atoms with E-state index in [-0.39, 0.29) is 0 Å². The Morgan fingerprint density at radius 2 is 1.72 bits per heavy atom. The Bertz CT molecular complexity index is 1000. The van der Waals surface area contributed by atoms with Gasteiger partial charge in [0.15, 0.2) is 0 Å². The number of benzene rings is 1. The number of rotatable bonds is 3. The van der Waals surface area contributed by atoms with Crippen molar-refractivity contribution in [1.82, 2.24) is 14.5 Å². The van der Waals surface area contributed by atoms with Crippen molar-refractivity contribution in [2.24, 2.45) is 0 Å². The molecule has 0 aliphatic rings. The summed E-state index contributed by atoms with van der Waals surface area (Å²) in [5.41, 5.74) is 6.41. The first-order valence-corrected chi connectivity index (χ1v) is 8.12. The molecule has 0 saturated heterocycles. The summed E-state index contributed by atoms with van der Waals surface area (Å²) in [5, 5.41) is 9.03. The van der Waals surface area contributed by atoms with Gasteiger partial charge in [-0.05, 0) is 69.2 Å². The SMILES string of the molecule is C=C(C)c1c(C)nc(-c2ccc(C#N)cc2)n1-c1nc(C)ccc1C. The van der Waals surface area contributed by atoms with Crippen LogP contribution in [-0.4, -0.2) is 14.5 Å². The molecule has 2 aromatic heterocycles. The summed E-state index contributed by atoms with van der Waals surface area (Å²) in [7, 11) is 0. The molecule has 0 radical (unpaired) electrons. The quantitative estimate of drug-likeness (QED) is 0.696. The van der Waals surface area contributed by atoms with E-state index in [1.54, 1.807) is 12.1 Å². The lowest BCUT2D eigenvalue weighted by Gasteiger charge is -2.15. The van der Waals surface area contributed by atoms with Crippen molar-refractivity contribution in [3.05, 3.63) is 71.2 Å². The Morgan fingerprint density at radius 1 is 1.04 bits per heavy atom. The second-order valence-corrected chi connectivity index (χ2v) is 6.27. The summed E-state index contributed by atoms with van der Waals surface area (Å²) in [6.07, 6.45) is 0. The topological polar surface area (TPSA) is 54.5 Å². The average Bonchev–Trinajstić information content (AvgIpc) is 2.94. The number of nitriles is 1. The molecule has 0 aliphatic heterocycles. The molecule has 4 nitrogen and oxygen atoms in total. The zero-order chi connectivity index (χ0) is 18.1. The molecule has 0 aliphatic carbocycles. The maximum Gasteiger partial charge on any atom is 0.146 e. The summed E-state index contributed by atoms with van der Waals surface area (Å²) in [6, 6.07) is 13.7. The fourth-order valence-corrected chi connectivity index (χ4v) is 2.96. The number of hydrogen-bond acceptors (Lipinski definition) is 3. The lowest BCUT2D eigenvalue weighted by atomic mass is 10.1. The Kier molecular flexibility index (Phi) is 4.24. The molecule has 3 aromatic rings. The molecule has 0 unspecified atom stereocenters. The number of aromatic nitrogens is 3. The summed E-state index contributed by atoms with van der Waals surface area (Å²) in [6.45, 7) is 12.1. The number of imidazole rings is 1. The van der Waals surface area contributed by atoms with Crippen molar-refractivity contribution in [1.29, 1.82) is 5.26 Å². The molecular formula is C21H20N4. The van der Waals surface area contributed by atoms with E-state index in [2.05, 4.69) is 23.3 Å². The molecule has 0 atom stereocenters. The molecule has 0 spiro atoms. The fraction of sp³-hybridized carbons (Fsp3) is 0.190. The smallest absolute Gasteiger partial charge is 0.146 e. The summed E-state index contributed by atoms with van der Waals surface area (Å²) in [4.78, 5) is 9.53. The standard InChI is InChI=1S/C21H20N4/c1-13(2)19-16(5)24-21(18-10-8-17(12-22)9-11-18)25(19)20-14(3)6-7-15(4)23-20/h6-11H,1H2,2-5H3. The van der Waals surface area contributed by atoms with Gasteiger partial charge in [-0.1, -0.05) is 12.6 Å². The second kappa shape index (κ2) is 6.37. The number of pyridine rings is 1. The number of allylic oxidation sites excluding steroid dienone is 1. The van der Waals surface area contributed by atoms with Crippen LogP contribution in [0.4, 0.5) is 0 Å². The van der Waals surface area contributed by atoms with Gasteiger partial charge in [-0.25, -0.2) is 9.97 Å². The maximum atomic E-state index is 9.03. The highest BCUT2D eigenvalue weighted by atomic mass is 15.2. The molecule has 3 rings (SSSR count). The third kappa shape index (κ3) is 2.97. The van der Waals surface area contributed by atoms with E-state index in [4.69, 9.17) is 15.2 Å². The van der Waals surface area contributed by atoms with E-state index in [0.29, 0.717) is 5.56 Å². The molecule has 0 N–H and O–H groups in total. The van der Waals surface area contributed by atoms with Crippen LogP contribution >= 0.6 is 0 Å². The van der Waals surface area contributed by atoms with Crippen LogP contribution in [0.15, 0.2) is 43.0 Å². The van der Waals surface area contributed by atoms with E-state index in [1.165, 1.54) is 0 Å². The predicted molar refractivity (Wildman–Crippen MR) is 100 cm³/mol. The van der Waals surface area contributed by atoms with Crippen LogP contribution in [0, 0.1) is 32.1 Å². The van der Waals surface area contributed by atoms with Crippen LogP contribution in [0.5, 0.6) is 0 Å². The Hall–Kier alpha value is -3.19. The molecule has 124 valence electrons. The fourth-order valence-electron chi connectivity index (χ4n) is 2.96. The molecule has 0 amide bonds. The van der Waals surface area contributed by atoms with Crippen molar-refractivity contribution in [2.45, 2.75) is 27.7 Å². The minimum atomic E-state index is 0.628. The van der Waals surface area contributed by atoms with Gasteiger partial charge in [0, 0.05) is 11.3 Å². The van der Waals surface area contributed by atoms with Gasteiger partial charge >= 0.3 is 0 Å². The number of aryl methyl sites for hydroxylation is 3. The van der Waals surface area contributed by atoms with Gasteiger partial charge in [0.1, 0.15) is 11.6 Å². The highest BCUT2D eigenvalue weighted by molar-refractivity contribution is 5.70. The van der Waals surface area contributed by atoms with Crippen molar-refractivity contribution < 1.29 is 0 Å². The van der Waals surface area contributed by atoms with Gasteiger partial charge in [-0.3, -0.25) is 4.57 Å². The maximum absolute atomic E-state index is 9.03. The minimum Gasteiger partial charge on any atom is -0.276 e. The number of hydrogen-bond donors (Lipinski definition) is 0. The first kappa shape index (κ1) is 16.7. The van der Waals surface area contributed by atoms with Gasteiger partial charge in [-0.2, -0.15) is 5.26 Å². The number of nitrogens with zero attached hydrogens (tertiary/aromatic N) is 4. The largest absolute Gasteiger partial charge is 0.276 e. The van der Waals surface area contributed by atoms with Crippen molar-refractivity contribution >= 4 is 5.57 Å². The predicted octanol–water partition coefficient (Wildman–Crippen LogP) is 4.76. The highest BCUT2D eigenvalue weighted by Gasteiger charge is 2.20. The Labute approximate surface area is 148 Å². The zero-order valence-electron chi connectivity index (χ0n) is 15.0. The zero-order valence-corrected chi connectivity index (χ0v) is 15.0. The van der Waals surface area contributed by atoms with E-state index >= 15 is 0 Å². The third-order valence-electron chi connectivity index (χ3n) is 4.15. The molecule has 1 aromatic carbocycles. The Balaban J connectivity index is 2.33. The van der Waals surface area contributed by atoms with Crippen molar-refractivity contribution in [2.75, 3.05) is 0 Å². The molecule has 0 bridgehead atoms. The molecule has 0 fully saturated rings. The van der Waals surface area contributed by atoms with Crippen molar-refractivity contribution in [3.63, 3.8) is 0 Å². The van der Waals surface area contributed by atoms with Crippen LogP contribution < -0.4 is 0 Å². The lowest BCUT2D eigenvalue weighted by Crippen LogP contribution is -2.07. The second-order valence-electron chi connectivity index (χ2n) is 6.27. The van der Waals surface area contributed by atoms with Gasteiger partial charge < -0.3 is 0 Å². The van der Waals surface area contributed by atoms with Crippen LogP contribution in [-0.2, 0) is 0 Å². The third-order valence-corrected chi connectivity index (χ3v) is 4.15. The van der Waals surface area contributed by atoms with E-state index in [9.17, 15) is 0 Å². The van der Waals surface area contributed by atoms with Crippen LogP contribution in [0.25, 0.3) is 22.8 Å². The molecule has 25 heavy (non-hydrogen) atoms. The van der Waals surface area contributed by atoms with E-state index in [1.807, 2.05) is 45.9 Å². The lowest BCUT2D eigenvalue weighted by molar-refractivity contribution is 0.951. The van der Waals surface area contributed by atoms with Gasteiger partial charge in [-0.15, -0.1) is 0 Å². The van der Waals surface area contributed by atoms with Gasteiger partial charge in [0.05, 0.1) is 23.0 Å². The average molecular weight is 328 g/mol. The first-order valence-electron chi connectivity index (χ1n) is 8.12. The van der Waals surface area contributed by atoms with E-state index < -0.39 is 0 Å². The van der Waals surface area contributed by atoms with Crippen LogP contribution in [0.2, 0.25) is 0 Å². The first-order chi connectivity index (χ1) is 11.9. The molecule has 2 heterocycles. The normalized spacial score (nSPS) is 10.5. The molecule has 0 saturated carbocycles. The minimum absolute atomic E-state index is 0.628. The van der Waals surface area contributed by atoms with Crippen molar-refractivity contribution in [3.8, 4) is 23.3 Å². The van der Waals surface area contributed by atoms with Crippen LogP contribution in [0.1, 0.15) is 35.1 Å². The van der Waals surface area contributed by atoms with Gasteiger partial charge in [0.2, 0.25) is 0 Å². The highest BCUT2D eigenvalue weighted by Crippen LogP contribution is 2.30. The van der Waals surface area contributed by atoms with E-state index in [0.717, 1.165) is 45.4 Å². The van der Waals surface area contributed by atoms with Crippen LogP contribution in [0.3, 0.4) is 0 Å². The molecular weight excluding hydrogens is 308 g/mol. The summed E-state index contributed by atoms with van der Waals surface area (Å²) >= 11 is 0. The molecule has 4 heteroatoms. The Morgan fingerprint density at radius 3 is 2.32 bits per heavy atom. The monoisotopic (exact) mass is 328 g/mol. The van der Waals surface area contributed by atoms with Gasteiger partial charge in [0.25, 0.3) is 0 Å².